The maximum atomic E-state index is 10.5. The number of nitrogens with zero attached hydrogens (tertiary/aromatic N) is 2. The Morgan fingerprint density at radius 3 is 2.39 bits per heavy atom. The number of aliphatic carboxylic acids is 1. The third-order valence-electron chi connectivity index (χ3n) is 2.08. The van der Waals surface area contributed by atoms with E-state index in [1.807, 2.05) is 12.1 Å². The first kappa shape index (κ1) is 13.0. The first-order chi connectivity index (χ1) is 8.63. The summed E-state index contributed by atoms with van der Waals surface area (Å²) >= 11 is 4.71. The van der Waals surface area contributed by atoms with Crippen LogP contribution in [0.15, 0.2) is 51.2 Å². The molecule has 1 aromatic heterocycles. The van der Waals surface area contributed by atoms with Crippen LogP contribution in [0, 0.1) is 0 Å². The predicted octanol–water partition coefficient (Wildman–Crippen LogP) is 3.02. The minimum Gasteiger partial charge on any atom is -0.481 e. The fourth-order valence-electron chi connectivity index (χ4n) is 1.31. The molecule has 0 aliphatic heterocycles. The second kappa shape index (κ2) is 5.97. The number of halogens is 1. The molecule has 0 radical (unpaired) electrons. The Kier molecular flexibility index (Phi) is 4.33. The maximum Gasteiger partial charge on any atom is 0.307 e. The Hall–Kier alpha value is -1.40. The van der Waals surface area contributed by atoms with Gasteiger partial charge < -0.3 is 5.11 Å². The van der Waals surface area contributed by atoms with Crippen LogP contribution in [-0.2, 0) is 11.2 Å². The van der Waals surface area contributed by atoms with Crippen LogP contribution < -0.4 is 0 Å². The van der Waals surface area contributed by atoms with Gasteiger partial charge in [-0.25, -0.2) is 9.97 Å². The third kappa shape index (κ3) is 3.82. The topological polar surface area (TPSA) is 63.1 Å². The number of benzene rings is 1. The summed E-state index contributed by atoms with van der Waals surface area (Å²) in [6.45, 7) is 0. The Labute approximate surface area is 117 Å². The van der Waals surface area contributed by atoms with E-state index in [2.05, 4.69) is 25.9 Å². The first-order valence-electron chi connectivity index (χ1n) is 5.09. The average Bonchev–Trinajstić information content (AvgIpc) is 2.34. The van der Waals surface area contributed by atoms with E-state index in [-0.39, 0.29) is 6.42 Å². The summed E-state index contributed by atoms with van der Waals surface area (Å²) in [5.74, 6) is -0.827. The van der Waals surface area contributed by atoms with Crippen molar-refractivity contribution < 1.29 is 9.90 Å². The zero-order valence-electron chi connectivity index (χ0n) is 9.21. The summed E-state index contributed by atoms with van der Waals surface area (Å²) in [6.07, 6.45) is 3.42. The summed E-state index contributed by atoms with van der Waals surface area (Å²) in [6, 6.07) is 7.34. The van der Waals surface area contributed by atoms with Gasteiger partial charge in [0.2, 0.25) is 0 Å². The SMILES string of the molecule is O=C(O)Cc1ccc(Sc2ncc(Br)cn2)cc1. The summed E-state index contributed by atoms with van der Waals surface area (Å²) < 4.78 is 0.837. The van der Waals surface area contributed by atoms with Crippen molar-refractivity contribution in [2.75, 3.05) is 0 Å². The molecule has 0 amide bonds. The van der Waals surface area contributed by atoms with Crippen LogP contribution in [0.2, 0.25) is 0 Å². The molecule has 2 rings (SSSR count). The van der Waals surface area contributed by atoms with Gasteiger partial charge in [-0.3, -0.25) is 4.79 Å². The number of carboxylic acids is 1. The van der Waals surface area contributed by atoms with Gasteiger partial charge in [-0.1, -0.05) is 12.1 Å². The molecule has 0 saturated carbocycles. The summed E-state index contributed by atoms with van der Waals surface area (Å²) in [7, 11) is 0. The van der Waals surface area contributed by atoms with E-state index in [0.717, 1.165) is 14.9 Å². The van der Waals surface area contributed by atoms with E-state index in [1.165, 1.54) is 11.8 Å². The number of carbonyl (C=O) groups is 1. The molecule has 0 unspecified atom stereocenters. The second-order valence-electron chi connectivity index (χ2n) is 3.50. The van der Waals surface area contributed by atoms with Crippen molar-refractivity contribution in [3.05, 3.63) is 46.7 Å². The van der Waals surface area contributed by atoms with Crippen molar-refractivity contribution in [3.63, 3.8) is 0 Å². The van der Waals surface area contributed by atoms with Crippen LogP contribution in [0.1, 0.15) is 5.56 Å². The van der Waals surface area contributed by atoms with Crippen LogP contribution in [0.5, 0.6) is 0 Å². The lowest BCUT2D eigenvalue weighted by atomic mass is 10.2. The smallest absolute Gasteiger partial charge is 0.307 e. The van der Waals surface area contributed by atoms with Crippen LogP contribution >= 0.6 is 27.7 Å². The summed E-state index contributed by atoms with van der Waals surface area (Å²) in [5, 5.41) is 9.32. The fraction of sp³-hybridized carbons (Fsp3) is 0.0833. The molecule has 4 nitrogen and oxygen atoms in total. The molecule has 0 saturated heterocycles. The Morgan fingerprint density at radius 2 is 1.83 bits per heavy atom. The number of carboxylic acid groups (broad SMARTS) is 1. The quantitative estimate of drug-likeness (QED) is 0.876. The van der Waals surface area contributed by atoms with Gasteiger partial charge in [0.15, 0.2) is 5.16 Å². The lowest BCUT2D eigenvalue weighted by molar-refractivity contribution is -0.136. The molecule has 1 N–H and O–H groups in total. The van der Waals surface area contributed by atoms with Crippen molar-refractivity contribution in [2.45, 2.75) is 16.5 Å². The standard InChI is InChI=1S/C12H9BrN2O2S/c13-9-6-14-12(15-7-9)18-10-3-1-8(2-4-10)5-11(16)17/h1-4,6-7H,5H2,(H,16,17). The summed E-state index contributed by atoms with van der Waals surface area (Å²) in [5.41, 5.74) is 0.781. The van der Waals surface area contributed by atoms with E-state index in [4.69, 9.17) is 5.11 Å². The number of rotatable bonds is 4. The molecular weight excluding hydrogens is 316 g/mol. The van der Waals surface area contributed by atoms with Gasteiger partial charge in [0.05, 0.1) is 10.9 Å². The van der Waals surface area contributed by atoms with Gasteiger partial charge >= 0.3 is 5.97 Å². The van der Waals surface area contributed by atoms with E-state index in [1.54, 1.807) is 24.5 Å². The van der Waals surface area contributed by atoms with Gasteiger partial charge in [-0.05, 0) is 45.4 Å². The fourth-order valence-corrected chi connectivity index (χ4v) is 2.21. The van der Waals surface area contributed by atoms with Crippen molar-refractivity contribution in [1.29, 1.82) is 0 Å². The minimum atomic E-state index is -0.827. The van der Waals surface area contributed by atoms with E-state index >= 15 is 0 Å². The Morgan fingerprint density at radius 1 is 1.22 bits per heavy atom. The lowest BCUT2D eigenvalue weighted by Crippen LogP contribution is -1.99. The highest BCUT2D eigenvalue weighted by atomic mass is 79.9. The monoisotopic (exact) mass is 324 g/mol. The van der Waals surface area contributed by atoms with E-state index in [0.29, 0.717) is 5.16 Å². The highest BCUT2D eigenvalue weighted by Gasteiger charge is 2.03. The average molecular weight is 325 g/mol. The molecule has 0 bridgehead atoms. The van der Waals surface area contributed by atoms with Crippen molar-refractivity contribution in [2.24, 2.45) is 0 Å². The van der Waals surface area contributed by atoms with Crippen LogP contribution in [-0.4, -0.2) is 21.0 Å². The van der Waals surface area contributed by atoms with Crippen molar-refractivity contribution in [1.82, 2.24) is 9.97 Å². The molecule has 92 valence electrons. The highest BCUT2D eigenvalue weighted by Crippen LogP contribution is 2.25. The van der Waals surface area contributed by atoms with Crippen LogP contribution in [0.4, 0.5) is 0 Å². The third-order valence-corrected chi connectivity index (χ3v) is 3.40. The molecule has 0 spiro atoms. The molecule has 2 aromatic rings. The van der Waals surface area contributed by atoms with Gasteiger partial charge in [-0.2, -0.15) is 0 Å². The Bertz CT molecular complexity index is 543. The van der Waals surface area contributed by atoms with Crippen molar-refractivity contribution in [3.8, 4) is 0 Å². The highest BCUT2D eigenvalue weighted by molar-refractivity contribution is 9.10. The second-order valence-corrected chi connectivity index (χ2v) is 5.46. The van der Waals surface area contributed by atoms with E-state index < -0.39 is 5.97 Å². The molecule has 18 heavy (non-hydrogen) atoms. The summed E-state index contributed by atoms with van der Waals surface area (Å²) in [4.78, 5) is 19.8. The molecule has 1 heterocycles. The van der Waals surface area contributed by atoms with Gasteiger partial charge in [-0.15, -0.1) is 0 Å². The predicted molar refractivity (Wildman–Crippen MR) is 71.6 cm³/mol. The number of hydrogen-bond acceptors (Lipinski definition) is 4. The maximum absolute atomic E-state index is 10.5. The zero-order chi connectivity index (χ0) is 13.0. The van der Waals surface area contributed by atoms with Crippen LogP contribution in [0.3, 0.4) is 0 Å². The normalized spacial score (nSPS) is 10.3. The lowest BCUT2D eigenvalue weighted by Gasteiger charge is -2.01. The minimum absolute atomic E-state index is 0.0414. The van der Waals surface area contributed by atoms with Gasteiger partial charge in [0, 0.05) is 17.3 Å². The molecule has 0 atom stereocenters. The first-order valence-corrected chi connectivity index (χ1v) is 6.70. The number of aromatic nitrogens is 2. The van der Waals surface area contributed by atoms with Crippen molar-refractivity contribution >= 4 is 33.7 Å². The molecule has 0 aliphatic carbocycles. The van der Waals surface area contributed by atoms with Gasteiger partial charge in [0.25, 0.3) is 0 Å². The van der Waals surface area contributed by atoms with E-state index in [9.17, 15) is 4.79 Å². The molecule has 1 aromatic carbocycles. The molecular formula is C12H9BrN2O2S. The molecule has 0 fully saturated rings. The largest absolute Gasteiger partial charge is 0.481 e. The van der Waals surface area contributed by atoms with Crippen LogP contribution in [0.25, 0.3) is 0 Å². The molecule has 0 aliphatic rings. The molecule has 6 heteroatoms. The Balaban J connectivity index is 2.06. The zero-order valence-corrected chi connectivity index (χ0v) is 11.6. The number of hydrogen-bond donors (Lipinski definition) is 1. The van der Waals surface area contributed by atoms with Gasteiger partial charge in [0.1, 0.15) is 0 Å².